The molecule has 0 saturated carbocycles. The Bertz CT molecular complexity index is 768. The molecule has 3 heteroatoms. The summed E-state index contributed by atoms with van der Waals surface area (Å²) in [6.07, 6.45) is 0. The lowest BCUT2D eigenvalue weighted by atomic mass is 9.49. The Hall–Kier alpha value is -2.05. The molecule has 0 bridgehead atoms. The first kappa shape index (κ1) is 15.8. The van der Waals surface area contributed by atoms with Gasteiger partial charge in [-0.2, -0.15) is 0 Å². The molecule has 114 valence electrons. The lowest BCUT2D eigenvalue weighted by Crippen LogP contribution is -2.28. The van der Waals surface area contributed by atoms with E-state index in [0.717, 1.165) is 15.9 Å². The molecular weight excluding hydrogens is 298 g/mol. The normalized spacial score (nSPS) is 11.2. The smallest absolute Gasteiger partial charge is 0.171 e. The predicted octanol–water partition coefficient (Wildman–Crippen LogP) is 3.29. The standard InChI is InChI=1S/C20H20BOP/c1-21(2)17-13-15-20(16-14-17)23(22,18-9-5-3-6-10-18)19-11-7-4-8-12-19/h3-16H,1-2H3. The van der Waals surface area contributed by atoms with E-state index in [1.807, 2.05) is 72.8 Å². The summed E-state index contributed by atoms with van der Waals surface area (Å²) < 4.78 is 14.1. The largest absolute Gasteiger partial charge is 0.309 e. The summed E-state index contributed by atoms with van der Waals surface area (Å²) in [6.45, 7) is 4.81. The Morgan fingerprint density at radius 2 is 1.00 bits per heavy atom. The van der Waals surface area contributed by atoms with Gasteiger partial charge in [-0.1, -0.05) is 104 Å². The summed E-state index contributed by atoms with van der Waals surface area (Å²) in [4.78, 5) is 0. The molecule has 0 spiro atoms. The van der Waals surface area contributed by atoms with Gasteiger partial charge < -0.3 is 4.57 Å². The van der Waals surface area contributed by atoms with Crippen molar-refractivity contribution >= 4 is 35.2 Å². The summed E-state index contributed by atoms with van der Waals surface area (Å²) in [7, 11) is -2.83. The van der Waals surface area contributed by atoms with Crippen LogP contribution >= 0.6 is 7.14 Å². The van der Waals surface area contributed by atoms with Crippen LogP contribution in [0.3, 0.4) is 0 Å². The molecule has 0 heterocycles. The molecule has 0 radical (unpaired) electrons. The molecule has 23 heavy (non-hydrogen) atoms. The van der Waals surface area contributed by atoms with Gasteiger partial charge in [-0.15, -0.1) is 0 Å². The minimum Gasteiger partial charge on any atom is -0.309 e. The van der Waals surface area contributed by atoms with Crippen LogP contribution in [0.2, 0.25) is 13.6 Å². The fraction of sp³-hybridized carbons (Fsp3) is 0.100. The van der Waals surface area contributed by atoms with E-state index in [-0.39, 0.29) is 0 Å². The third-order valence-electron chi connectivity index (χ3n) is 4.16. The fourth-order valence-electron chi connectivity index (χ4n) is 2.79. The fourth-order valence-corrected chi connectivity index (χ4v) is 5.44. The SMILES string of the molecule is CB(C)c1ccc(P(=O)(c2ccccc2)c2ccccc2)cc1. The quantitative estimate of drug-likeness (QED) is 0.533. The summed E-state index contributed by atoms with van der Waals surface area (Å²) in [5.74, 6) is 0. The Balaban J connectivity index is 2.19. The molecule has 0 fully saturated rings. The van der Waals surface area contributed by atoms with Crippen molar-refractivity contribution in [3.63, 3.8) is 0 Å². The van der Waals surface area contributed by atoms with Crippen LogP contribution in [-0.2, 0) is 4.57 Å². The van der Waals surface area contributed by atoms with Crippen molar-refractivity contribution in [1.29, 1.82) is 0 Å². The summed E-state index contributed by atoms with van der Waals surface area (Å²) in [5, 5.41) is 2.64. The average molecular weight is 318 g/mol. The Kier molecular flexibility index (Phi) is 4.55. The van der Waals surface area contributed by atoms with Crippen LogP contribution in [0.1, 0.15) is 0 Å². The molecule has 0 aliphatic rings. The monoisotopic (exact) mass is 318 g/mol. The Morgan fingerprint density at radius 1 is 0.609 bits per heavy atom. The van der Waals surface area contributed by atoms with E-state index < -0.39 is 7.14 Å². The van der Waals surface area contributed by atoms with Crippen LogP contribution in [0.5, 0.6) is 0 Å². The van der Waals surface area contributed by atoms with Crippen LogP contribution in [-0.4, -0.2) is 6.71 Å². The van der Waals surface area contributed by atoms with E-state index in [2.05, 4.69) is 25.8 Å². The topological polar surface area (TPSA) is 17.1 Å². The van der Waals surface area contributed by atoms with Gasteiger partial charge in [0, 0.05) is 15.9 Å². The number of rotatable bonds is 4. The highest BCUT2D eigenvalue weighted by molar-refractivity contribution is 7.85. The zero-order chi connectivity index (χ0) is 16.3. The highest BCUT2D eigenvalue weighted by Gasteiger charge is 2.29. The first-order valence-electron chi connectivity index (χ1n) is 7.94. The van der Waals surface area contributed by atoms with E-state index in [0.29, 0.717) is 6.71 Å². The summed E-state index contributed by atoms with van der Waals surface area (Å²) in [5.41, 5.74) is 1.27. The first-order chi connectivity index (χ1) is 11.1. The number of hydrogen-bond acceptors (Lipinski definition) is 1. The van der Waals surface area contributed by atoms with Gasteiger partial charge in [-0.05, 0) is 0 Å². The molecule has 3 aromatic rings. The molecule has 0 aliphatic carbocycles. The van der Waals surface area contributed by atoms with E-state index >= 15 is 0 Å². The van der Waals surface area contributed by atoms with Crippen molar-refractivity contribution in [2.45, 2.75) is 13.6 Å². The zero-order valence-corrected chi connectivity index (χ0v) is 14.4. The minimum absolute atomic E-state index is 0.469. The second-order valence-corrected chi connectivity index (χ2v) is 8.79. The van der Waals surface area contributed by atoms with Gasteiger partial charge in [-0.25, -0.2) is 0 Å². The molecule has 1 nitrogen and oxygen atoms in total. The molecular formula is C20H20BOP. The van der Waals surface area contributed by atoms with Crippen LogP contribution in [0, 0.1) is 0 Å². The van der Waals surface area contributed by atoms with Gasteiger partial charge in [0.15, 0.2) is 13.9 Å². The maximum atomic E-state index is 14.1. The van der Waals surface area contributed by atoms with Crippen molar-refractivity contribution < 1.29 is 4.57 Å². The second kappa shape index (κ2) is 6.60. The van der Waals surface area contributed by atoms with Gasteiger partial charge in [0.05, 0.1) is 0 Å². The Labute approximate surface area is 138 Å². The highest BCUT2D eigenvalue weighted by atomic mass is 31.2. The molecule has 0 saturated heterocycles. The molecule has 0 amide bonds. The van der Waals surface area contributed by atoms with Gasteiger partial charge in [0.25, 0.3) is 0 Å². The zero-order valence-electron chi connectivity index (χ0n) is 13.5. The van der Waals surface area contributed by atoms with Gasteiger partial charge in [0.1, 0.15) is 0 Å². The van der Waals surface area contributed by atoms with Crippen LogP contribution < -0.4 is 21.4 Å². The van der Waals surface area contributed by atoms with Crippen LogP contribution in [0.15, 0.2) is 84.9 Å². The molecule has 0 atom stereocenters. The Morgan fingerprint density at radius 3 is 1.39 bits per heavy atom. The molecule has 3 aromatic carbocycles. The third-order valence-corrected chi connectivity index (χ3v) is 7.24. The van der Waals surface area contributed by atoms with Gasteiger partial charge in [0.2, 0.25) is 0 Å². The molecule has 0 N–H and O–H groups in total. The molecule has 0 unspecified atom stereocenters. The number of benzene rings is 3. The molecule has 0 aliphatic heterocycles. The van der Waals surface area contributed by atoms with Gasteiger partial charge >= 0.3 is 0 Å². The van der Waals surface area contributed by atoms with Gasteiger partial charge in [-0.3, -0.25) is 0 Å². The van der Waals surface area contributed by atoms with E-state index in [9.17, 15) is 4.57 Å². The maximum absolute atomic E-state index is 14.1. The van der Waals surface area contributed by atoms with Crippen LogP contribution in [0.25, 0.3) is 0 Å². The number of hydrogen-bond donors (Lipinski definition) is 0. The van der Waals surface area contributed by atoms with Crippen molar-refractivity contribution in [2.24, 2.45) is 0 Å². The average Bonchev–Trinajstić information content (AvgIpc) is 2.62. The first-order valence-corrected chi connectivity index (χ1v) is 9.65. The lowest BCUT2D eigenvalue weighted by molar-refractivity contribution is 0.592. The third kappa shape index (κ3) is 3.05. The predicted molar refractivity (Wildman–Crippen MR) is 103 cm³/mol. The molecule has 0 aromatic heterocycles. The van der Waals surface area contributed by atoms with Crippen LogP contribution in [0.4, 0.5) is 0 Å². The van der Waals surface area contributed by atoms with E-state index in [4.69, 9.17) is 0 Å². The minimum atomic E-state index is -2.83. The van der Waals surface area contributed by atoms with E-state index in [1.165, 1.54) is 5.46 Å². The van der Waals surface area contributed by atoms with Crippen molar-refractivity contribution in [3.05, 3.63) is 84.9 Å². The van der Waals surface area contributed by atoms with E-state index in [1.54, 1.807) is 0 Å². The summed E-state index contributed by atoms with van der Waals surface area (Å²) >= 11 is 0. The maximum Gasteiger partial charge on any atom is 0.171 e. The highest BCUT2D eigenvalue weighted by Crippen LogP contribution is 2.41. The summed E-state index contributed by atoms with van der Waals surface area (Å²) in [6, 6.07) is 27.8. The van der Waals surface area contributed by atoms with Crippen molar-refractivity contribution in [3.8, 4) is 0 Å². The van der Waals surface area contributed by atoms with Crippen molar-refractivity contribution in [1.82, 2.24) is 0 Å². The second-order valence-electron chi connectivity index (χ2n) is 6.03. The lowest BCUT2D eigenvalue weighted by Gasteiger charge is -2.20. The van der Waals surface area contributed by atoms with Crippen molar-refractivity contribution in [2.75, 3.05) is 0 Å². The molecule has 3 rings (SSSR count).